The molecule has 3 aromatic carbocycles. The molecular weight excluding hydrogens is 350 g/mol. The van der Waals surface area contributed by atoms with E-state index in [-0.39, 0.29) is 5.91 Å². The fourth-order valence-electron chi connectivity index (χ4n) is 2.72. The molecule has 1 amide bonds. The molecule has 1 N–H and O–H groups in total. The van der Waals surface area contributed by atoms with Crippen molar-refractivity contribution >= 4 is 40.0 Å². The predicted molar refractivity (Wildman–Crippen MR) is 108 cm³/mol. The largest absolute Gasteiger partial charge is 0.355 e. The highest BCUT2D eigenvalue weighted by atomic mass is 35.5. The van der Waals surface area contributed by atoms with Gasteiger partial charge in [-0.25, -0.2) is 0 Å². The van der Waals surface area contributed by atoms with Gasteiger partial charge in [0.1, 0.15) is 0 Å². The minimum atomic E-state index is 0.0726. The molecule has 0 bridgehead atoms. The SMILES string of the molecule is O=C(Cc1cccc2ccccc12)NCCSCc1ccc(Cl)cc1. The molecule has 0 heterocycles. The second-order valence-electron chi connectivity index (χ2n) is 5.84. The summed E-state index contributed by atoms with van der Waals surface area (Å²) >= 11 is 7.68. The average molecular weight is 370 g/mol. The number of halogens is 1. The van der Waals surface area contributed by atoms with Gasteiger partial charge in [-0.2, -0.15) is 11.8 Å². The van der Waals surface area contributed by atoms with Crippen LogP contribution in [-0.4, -0.2) is 18.2 Å². The number of benzene rings is 3. The van der Waals surface area contributed by atoms with Crippen LogP contribution < -0.4 is 5.32 Å². The zero-order valence-corrected chi connectivity index (χ0v) is 15.4. The number of carbonyl (C=O) groups excluding carboxylic acids is 1. The molecule has 3 aromatic rings. The Kier molecular flexibility index (Phi) is 6.37. The Morgan fingerprint density at radius 3 is 2.56 bits per heavy atom. The Hall–Kier alpha value is -1.97. The molecule has 0 fully saturated rings. The predicted octanol–water partition coefficient (Wildman–Crippen LogP) is 5.09. The second kappa shape index (κ2) is 8.93. The van der Waals surface area contributed by atoms with Crippen molar-refractivity contribution in [3.05, 3.63) is 82.9 Å². The topological polar surface area (TPSA) is 29.1 Å². The van der Waals surface area contributed by atoms with Crippen LogP contribution in [0.4, 0.5) is 0 Å². The number of hydrogen-bond acceptors (Lipinski definition) is 2. The van der Waals surface area contributed by atoms with Crippen LogP contribution in [0.15, 0.2) is 66.7 Å². The second-order valence-corrected chi connectivity index (χ2v) is 7.39. The summed E-state index contributed by atoms with van der Waals surface area (Å²) in [4.78, 5) is 12.2. The van der Waals surface area contributed by atoms with Gasteiger partial charge in [-0.3, -0.25) is 4.79 Å². The molecule has 0 radical (unpaired) electrons. The van der Waals surface area contributed by atoms with E-state index < -0.39 is 0 Å². The number of fused-ring (bicyclic) bond motifs is 1. The number of hydrogen-bond donors (Lipinski definition) is 1. The average Bonchev–Trinajstić information content (AvgIpc) is 2.63. The lowest BCUT2D eigenvalue weighted by atomic mass is 10.0. The number of carbonyl (C=O) groups is 1. The summed E-state index contributed by atoms with van der Waals surface area (Å²) in [6.07, 6.45) is 0.420. The molecular formula is C21H20ClNOS. The van der Waals surface area contributed by atoms with Crippen molar-refractivity contribution in [3.63, 3.8) is 0 Å². The lowest BCUT2D eigenvalue weighted by Crippen LogP contribution is -2.27. The van der Waals surface area contributed by atoms with E-state index in [1.165, 1.54) is 10.9 Å². The molecule has 2 nitrogen and oxygen atoms in total. The standard InChI is InChI=1S/C21H20ClNOS/c22-19-10-8-16(9-11-19)15-25-13-12-23-21(24)14-18-6-3-5-17-4-1-2-7-20(17)18/h1-11H,12-15H2,(H,23,24). The van der Waals surface area contributed by atoms with Crippen LogP contribution in [0, 0.1) is 0 Å². The van der Waals surface area contributed by atoms with Gasteiger partial charge in [-0.1, -0.05) is 66.2 Å². The highest BCUT2D eigenvalue weighted by Crippen LogP contribution is 2.19. The van der Waals surface area contributed by atoms with Crippen molar-refractivity contribution in [2.75, 3.05) is 12.3 Å². The van der Waals surface area contributed by atoms with Crippen LogP contribution in [0.1, 0.15) is 11.1 Å². The summed E-state index contributed by atoms with van der Waals surface area (Å²) in [6.45, 7) is 0.682. The van der Waals surface area contributed by atoms with E-state index >= 15 is 0 Å². The molecule has 0 spiro atoms. The smallest absolute Gasteiger partial charge is 0.224 e. The Bertz CT molecular complexity index is 843. The van der Waals surface area contributed by atoms with Crippen molar-refractivity contribution in [2.45, 2.75) is 12.2 Å². The van der Waals surface area contributed by atoms with Gasteiger partial charge < -0.3 is 5.32 Å². The van der Waals surface area contributed by atoms with E-state index in [1.54, 1.807) is 11.8 Å². The minimum absolute atomic E-state index is 0.0726. The number of nitrogens with one attached hydrogen (secondary N) is 1. The van der Waals surface area contributed by atoms with Gasteiger partial charge >= 0.3 is 0 Å². The molecule has 0 atom stereocenters. The molecule has 0 aliphatic heterocycles. The molecule has 0 aliphatic rings. The van der Waals surface area contributed by atoms with Crippen LogP contribution in [0.2, 0.25) is 5.02 Å². The van der Waals surface area contributed by atoms with Crippen molar-refractivity contribution in [1.82, 2.24) is 5.32 Å². The van der Waals surface area contributed by atoms with Crippen molar-refractivity contribution in [1.29, 1.82) is 0 Å². The molecule has 128 valence electrons. The summed E-state index contributed by atoms with van der Waals surface area (Å²) in [5.74, 6) is 1.89. The number of rotatable bonds is 7. The quantitative estimate of drug-likeness (QED) is 0.588. The van der Waals surface area contributed by atoms with Crippen LogP contribution in [0.3, 0.4) is 0 Å². The highest BCUT2D eigenvalue weighted by molar-refractivity contribution is 7.98. The molecule has 25 heavy (non-hydrogen) atoms. The van der Waals surface area contributed by atoms with Crippen LogP contribution in [0.25, 0.3) is 10.8 Å². The maximum Gasteiger partial charge on any atom is 0.224 e. The first-order valence-corrected chi connectivity index (χ1v) is 9.81. The van der Waals surface area contributed by atoms with Gasteiger partial charge in [0, 0.05) is 23.1 Å². The van der Waals surface area contributed by atoms with E-state index in [2.05, 4.69) is 23.5 Å². The molecule has 0 saturated carbocycles. The van der Waals surface area contributed by atoms with E-state index in [0.717, 1.165) is 27.5 Å². The van der Waals surface area contributed by atoms with Gasteiger partial charge in [-0.05, 0) is 34.0 Å². The van der Waals surface area contributed by atoms with Crippen LogP contribution >= 0.6 is 23.4 Å². The Balaban J connectivity index is 1.43. The fourth-order valence-corrected chi connectivity index (χ4v) is 3.66. The van der Waals surface area contributed by atoms with E-state index in [9.17, 15) is 4.79 Å². The molecule has 3 rings (SSSR count). The van der Waals surface area contributed by atoms with Gasteiger partial charge in [0.15, 0.2) is 0 Å². The van der Waals surface area contributed by atoms with Crippen molar-refractivity contribution in [2.24, 2.45) is 0 Å². The third-order valence-corrected chi connectivity index (χ3v) is 5.26. The summed E-state index contributed by atoms with van der Waals surface area (Å²) < 4.78 is 0. The summed E-state index contributed by atoms with van der Waals surface area (Å²) in [6, 6.07) is 22.2. The Morgan fingerprint density at radius 1 is 0.960 bits per heavy atom. The molecule has 0 aromatic heterocycles. The maximum absolute atomic E-state index is 12.2. The van der Waals surface area contributed by atoms with E-state index in [4.69, 9.17) is 11.6 Å². The zero-order chi connectivity index (χ0) is 17.5. The van der Waals surface area contributed by atoms with Gasteiger partial charge in [-0.15, -0.1) is 0 Å². The van der Waals surface area contributed by atoms with E-state index in [0.29, 0.717) is 13.0 Å². The molecule has 0 aliphatic carbocycles. The van der Waals surface area contributed by atoms with Crippen molar-refractivity contribution < 1.29 is 4.79 Å². The third-order valence-electron chi connectivity index (χ3n) is 3.98. The van der Waals surface area contributed by atoms with Crippen LogP contribution in [-0.2, 0) is 17.0 Å². The Labute approximate surface area is 157 Å². The number of amides is 1. The first-order valence-electron chi connectivity index (χ1n) is 8.28. The van der Waals surface area contributed by atoms with Gasteiger partial charge in [0.05, 0.1) is 6.42 Å². The first kappa shape index (κ1) is 17.8. The minimum Gasteiger partial charge on any atom is -0.355 e. The lowest BCUT2D eigenvalue weighted by molar-refractivity contribution is -0.120. The molecule has 4 heteroatoms. The lowest BCUT2D eigenvalue weighted by Gasteiger charge is -2.08. The first-order chi connectivity index (χ1) is 12.2. The molecule has 0 saturated heterocycles. The van der Waals surface area contributed by atoms with E-state index in [1.807, 2.05) is 48.5 Å². The highest BCUT2D eigenvalue weighted by Gasteiger charge is 2.06. The van der Waals surface area contributed by atoms with Gasteiger partial charge in [0.2, 0.25) is 5.91 Å². The van der Waals surface area contributed by atoms with Crippen LogP contribution in [0.5, 0.6) is 0 Å². The van der Waals surface area contributed by atoms with Gasteiger partial charge in [0.25, 0.3) is 0 Å². The number of thioether (sulfide) groups is 1. The fraction of sp³-hybridized carbons (Fsp3) is 0.190. The zero-order valence-electron chi connectivity index (χ0n) is 13.9. The van der Waals surface area contributed by atoms with Crippen molar-refractivity contribution in [3.8, 4) is 0 Å². The summed E-state index contributed by atoms with van der Waals surface area (Å²) in [5.41, 5.74) is 2.32. The third kappa shape index (κ3) is 5.25. The monoisotopic (exact) mass is 369 g/mol. The maximum atomic E-state index is 12.2. The molecule has 0 unspecified atom stereocenters. The normalized spacial score (nSPS) is 10.8. The summed E-state index contributed by atoms with van der Waals surface area (Å²) in [7, 11) is 0. The Morgan fingerprint density at radius 2 is 1.72 bits per heavy atom. The summed E-state index contributed by atoms with van der Waals surface area (Å²) in [5, 5.41) is 6.09.